The van der Waals surface area contributed by atoms with Gasteiger partial charge in [0.1, 0.15) is 18.1 Å². The van der Waals surface area contributed by atoms with Crippen LogP contribution in [-0.4, -0.2) is 109 Å². The molecule has 0 aromatic heterocycles. The molecular weight excluding hydrogens is 539 g/mol. The maximum Gasteiger partial charge on any atom is 0.405 e. The molecule has 5 fully saturated rings. The predicted octanol–water partition coefficient (Wildman–Crippen LogP) is 0.909. The van der Waals surface area contributed by atoms with Crippen LogP contribution in [0.25, 0.3) is 0 Å². The van der Waals surface area contributed by atoms with Crippen molar-refractivity contribution in [2.45, 2.75) is 55.9 Å². The maximum atomic E-state index is 14.0. The molecule has 5 aliphatic rings. The second kappa shape index (κ2) is 11.1. The zero-order valence-electron chi connectivity index (χ0n) is 23.0. The summed E-state index contributed by atoms with van der Waals surface area (Å²) in [4.78, 5) is 47.2. The third kappa shape index (κ3) is 5.39. The molecule has 4 saturated heterocycles. The summed E-state index contributed by atoms with van der Waals surface area (Å²) in [6.07, 6.45) is -0.913. The molecule has 3 amide bonds. The predicted molar refractivity (Wildman–Crippen MR) is 144 cm³/mol. The van der Waals surface area contributed by atoms with Crippen molar-refractivity contribution in [1.82, 2.24) is 30.9 Å². The Bertz CT molecular complexity index is 1140. The largest absolute Gasteiger partial charge is 0.405 e. The molecule has 4 aliphatic heterocycles. The standard InChI is InChI=1S/C28H38F3N7O3/c29-28(30,31)23-16-36(13-10-32-23)24(39)17-37-18-38(21-4-2-1-3-5-21)27(26(37)41)8-11-35(12-9-27)25(40)19-6-7-22-20(14-19)15-33-34-22/h1-5,19-20,22-23,32-34H,6-18H2/t19?,20?,22?,23-/m0/s1. The number of nitrogens with one attached hydrogen (secondary N) is 3. The third-order valence-electron chi connectivity index (χ3n) is 9.72. The van der Waals surface area contributed by atoms with E-state index in [9.17, 15) is 27.6 Å². The number of alkyl halides is 3. The monoisotopic (exact) mass is 577 g/mol. The lowest BCUT2D eigenvalue weighted by Crippen LogP contribution is -2.60. The molecule has 1 aromatic carbocycles. The van der Waals surface area contributed by atoms with Gasteiger partial charge in [0, 0.05) is 56.9 Å². The van der Waals surface area contributed by atoms with Crippen LogP contribution in [0.3, 0.4) is 0 Å². The second-order valence-electron chi connectivity index (χ2n) is 12.1. The first kappa shape index (κ1) is 28.2. The van der Waals surface area contributed by atoms with Gasteiger partial charge in [0.2, 0.25) is 11.8 Å². The Balaban J connectivity index is 1.14. The zero-order valence-corrected chi connectivity index (χ0v) is 23.0. The van der Waals surface area contributed by atoms with E-state index in [-0.39, 0.29) is 44.0 Å². The highest BCUT2D eigenvalue weighted by atomic mass is 19.4. The molecule has 4 heterocycles. The molecule has 41 heavy (non-hydrogen) atoms. The number of rotatable bonds is 4. The fourth-order valence-electron chi connectivity index (χ4n) is 7.36. The summed E-state index contributed by atoms with van der Waals surface area (Å²) in [6, 6.07) is 8.16. The van der Waals surface area contributed by atoms with Crippen LogP contribution < -0.4 is 21.1 Å². The van der Waals surface area contributed by atoms with Gasteiger partial charge in [0.25, 0.3) is 5.91 Å². The molecule has 3 unspecified atom stereocenters. The number of carbonyl (C=O) groups is 3. The molecule has 10 nitrogen and oxygen atoms in total. The number of hydrogen-bond acceptors (Lipinski definition) is 7. The number of hydrazine groups is 1. The van der Waals surface area contributed by atoms with E-state index in [4.69, 9.17) is 0 Å². The van der Waals surface area contributed by atoms with E-state index in [0.717, 1.165) is 31.5 Å². The van der Waals surface area contributed by atoms with E-state index in [2.05, 4.69) is 16.2 Å². The van der Waals surface area contributed by atoms with Crippen molar-refractivity contribution in [3.05, 3.63) is 30.3 Å². The Labute approximate surface area is 237 Å². The summed E-state index contributed by atoms with van der Waals surface area (Å²) in [5, 5.41) is 2.42. The molecule has 1 aromatic rings. The summed E-state index contributed by atoms with van der Waals surface area (Å²) in [6.45, 7) is 1.40. The number of para-hydroxylation sites is 1. The van der Waals surface area contributed by atoms with Gasteiger partial charge in [0.15, 0.2) is 0 Å². The number of carbonyl (C=O) groups excluding carboxylic acids is 3. The molecule has 4 atom stereocenters. The van der Waals surface area contributed by atoms with Crippen molar-refractivity contribution in [3.8, 4) is 0 Å². The number of piperidine rings is 1. The fourth-order valence-corrected chi connectivity index (χ4v) is 7.36. The number of hydrogen-bond donors (Lipinski definition) is 3. The van der Waals surface area contributed by atoms with Crippen LogP contribution >= 0.6 is 0 Å². The van der Waals surface area contributed by atoms with Gasteiger partial charge < -0.3 is 24.9 Å². The first-order valence-corrected chi connectivity index (χ1v) is 14.6. The smallest absolute Gasteiger partial charge is 0.342 e. The van der Waals surface area contributed by atoms with Crippen LogP contribution in [0.1, 0.15) is 32.1 Å². The molecule has 13 heteroatoms. The quantitative estimate of drug-likeness (QED) is 0.489. The van der Waals surface area contributed by atoms with Crippen LogP contribution in [0.5, 0.6) is 0 Å². The van der Waals surface area contributed by atoms with Crippen LogP contribution in [-0.2, 0) is 14.4 Å². The fraction of sp³-hybridized carbons (Fsp3) is 0.679. The highest BCUT2D eigenvalue weighted by Crippen LogP contribution is 2.41. The van der Waals surface area contributed by atoms with Crippen molar-refractivity contribution in [2.75, 3.05) is 57.4 Å². The molecule has 0 radical (unpaired) electrons. The number of piperazine rings is 1. The van der Waals surface area contributed by atoms with Crippen molar-refractivity contribution in [1.29, 1.82) is 0 Å². The van der Waals surface area contributed by atoms with Gasteiger partial charge in [-0.1, -0.05) is 18.2 Å². The zero-order chi connectivity index (χ0) is 28.8. The molecule has 1 saturated carbocycles. The number of fused-ring (bicyclic) bond motifs is 1. The molecule has 1 aliphatic carbocycles. The minimum absolute atomic E-state index is 0.00909. The van der Waals surface area contributed by atoms with Crippen molar-refractivity contribution < 1.29 is 27.6 Å². The molecule has 224 valence electrons. The van der Waals surface area contributed by atoms with E-state index in [1.165, 1.54) is 9.80 Å². The first-order valence-electron chi connectivity index (χ1n) is 14.6. The second-order valence-corrected chi connectivity index (χ2v) is 12.1. The highest BCUT2D eigenvalue weighted by Gasteiger charge is 2.55. The lowest BCUT2D eigenvalue weighted by molar-refractivity contribution is -0.168. The number of amides is 3. The highest BCUT2D eigenvalue weighted by molar-refractivity contribution is 5.96. The van der Waals surface area contributed by atoms with Gasteiger partial charge in [-0.15, -0.1) is 0 Å². The Morgan fingerprint density at radius 2 is 1.78 bits per heavy atom. The van der Waals surface area contributed by atoms with Crippen LogP contribution in [0.2, 0.25) is 0 Å². The molecule has 6 rings (SSSR count). The van der Waals surface area contributed by atoms with E-state index in [0.29, 0.717) is 37.9 Å². The lowest BCUT2D eigenvalue weighted by atomic mass is 9.77. The maximum absolute atomic E-state index is 14.0. The minimum atomic E-state index is -4.45. The molecule has 3 N–H and O–H groups in total. The molecular formula is C28H38F3N7O3. The van der Waals surface area contributed by atoms with Crippen LogP contribution in [0, 0.1) is 11.8 Å². The number of anilines is 1. The van der Waals surface area contributed by atoms with Crippen LogP contribution in [0.15, 0.2) is 30.3 Å². The van der Waals surface area contributed by atoms with Gasteiger partial charge in [0.05, 0.1) is 6.67 Å². The van der Waals surface area contributed by atoms with E-state index in [1.807, 2.05) is 40.1 Å². The minimum Gasteiger partial charge on any atom is -0.342 e. The summed E-state index contributed by atoms with van der Waals surface area (Å²) in [5.41, 5.74) is 6.44. The molecule has 1 spiro atoms. The van der Waals surface area contributed by atoms with E-state index < -0.39 is 30.2 Å². The van der Waals surface area contributed by atoms with Crippen molar-refractivity contribution in [2.24, 2.45) is 11.8 Å². The van der Waals surface area contributed by atoms with Gasteiger partial charge in [-0.25, -0.2) is 0 Å². The number of halogens is 3. The summed E-state index contributed by atoms with van der Waals surface area (Å²) in [5.74, 6) is -0.0877. The Hall–Kier alpha value is -2.90. The summed E-state index contributed by atoms with van der Waals surface area (Å²) >= 11 is 0. The topological polar surface area (TPSA) is 100 Å². The number of likely N-dealkylation sites (tertiary alicyclic amines) is 1. The van der Waals surface area contributed by atoms with Gasteiger partial charge in [-0.2, -0.15) is 13.2 Å². The average Bonchev–Trinajstić information content (AvgIpc) is 3.56. The number of nitrogens with zero attached hydrogens (tertiary/aromatic N) is 4. The van der Waals surface area contributed by atoms with Crippen molar-refractivity contribution >= 4 is 23.4 Å². The Morgan fingerprint density at radius 3 is 2.51 bits per heavy atom. The van der Waals surface area contributed by atoms with Crippen molar-refractivity contribution in [3.63, 3.8) is 0 Å². The number of benzene rings is 1. The van der Waals surface area contributed by atoms with Gasteiger partial charge in [-0.3, -0.25) is 25.2 Å². The lowest BCUT2D eigenvalue weighted by Gasteiger charge is -2.44. The van der Waals surface area contributed by atoms with Crippen LogP contribution in [0.4, 0.5) is 18.9 Å². The van der Waals surface area contributed by atoms with E-state index in [1.54, 1.807) is 0 Å². The summed E-state index contributed by atoms with van der Waals surface area (Å²) in [7, 11) is 0. The average molecular weight is 578 g/mol. The first-order chi connectivity index (χ1) is 19.7. The Kier molecular flexibility index (Phi) is 7.62. The molecule has 0 bridgehead atoms. The van der Waals surface area contributed by atoms with E-state index >= 15 is 0 Å². The Morgan fingerprint density at radius 1 is 1.02 bits per heavy atom. The van der Waals surface area contributed by atoms with Gasteiger partial charge >= 0.3 is 6.18 Å². The van der Waals surface area contributed by atoms with Gasteiger partial charge in [-0.05, 0) is 50.2 Å². The normalized spacial score (nSPS) is 30.2. The third-order valence-corrected chi connectivity index (χ3v) is 9.72. The summed E-state index contributed by atoms with van der Waals surface area (Å²) < 4.78 is 39.8. The SMILES string of the molecule is O=C(CN1CN(c2ccccc2)C2(CCN(C(=O)C3CCC4NNCC4C3)CC2)C1=O)N1CCN[C@H](C(F)(F)F)C1.